The van der Waals surface area contributed by atoms with Gasteiger partial charge in [0.15, 0.2) is 0 Å². The van der Waals surface area contributed by atoms with E-state index in [1.807, 2.05) is 0 Å². The maximum Gasteiger partial charge on any atom is 0.266 e. The van der Waals surface area contributed by atoms with Crippen molar-refractivity contribution in [2.24, 2.45) is 7.05 Å². The number of aliphatic hydroxyl groups is 1. The minimum Gasteiger partial charge on any atom is -0.387 e. The van der Waals surface area contributed by atoms with E-state index in [9.17, 15) is 9.90 Å². The number of hydrogen-bond acceptors (Lipinski definition) is 5. The van der Waals surface area contributed by atoms with Crippen molar-refractivity contribution in [2.45, 2.75) is 38.5 Å². The summed E-state index contributed by atoms with van der Waals surface area (Å²) in [6, 6.07) is 2.97. The molecule has 0 aliphatic carbocycles. The van der Waals surface area contributed by atoms with Gasteiger partial charge < -0.3 is 5.11 Å². The zero-order valence-corrected chi connectivity index (χ0v) is 17.3. The van der Waals surface area contributed by atoms with Gasteiger partial charge in [0.25, 0.3) is 5.56 Å². The van der Waals surface area contributed by atoms with E-state index in [0.717, 1.165) is 0 Å². The number of nitrogens with zero attached hydrogens (tertiary/aromatic N) is 4. The second-order valence-corrected chi connectivity index (χ2v) is 12.5. The van der Waals surface area contributed by atoms with Crippen LogP contribution in [0.25, 0.3) is 11.4 Å². The van der Waals surface area contributed by atoms with Crippen molar-refractivity contribution in [3.05, 3.63) is 40.6 Å². The van der Waals surface area contributed by atoms with Crippen molar-refractivity contribution in [3.63, 3.8) is 0 Å². The molecule has 0 fully saturated rings. The Morgan fingerprint density at radius 1 is 1.12 bits per heavy atom. The van der Waals surface area contributed by atoms with Crippen molar-refractivity contribution in [1.29, 1.82) is 0 Å². The van der Waals surface area contributed by atoms with Crippen molar-refractivity contribution in [2.75, 3.05) is 18.8 Å². The molecule has 0 aromatic carbocycles. The molecule has 7 heteroatoms. The summed E-state index contributed by atoms with van der Waals surface area (Å²) in [5, 5.41) is 13.7. The van der Waals surface area contributed by atoms with Crippen LogP contribution >= 0.6 is 10.0 Å². The van der Waals surface area contributed by atoms with Crippen molar-refractivity contribution in [1.82, 2.24) is 19.7 Å². The lowest BCUT2D eigenvalue weighted by atomic mass is 10.1. The fourth-order valence-corrected chi connectivity index (χ4v) is 1.48. The summed E-state index contributed by atoms with van der Waals surface area (Å²) in [5.41, 5.74) is 1.24. The van der Waals surface area contributed by atoms with E-state index in [4.69, 9.17) is 0 Å². The summed E-state index contributed by atoms with van der Waals surface area (Å²) < 4.78 is 1.74. The summed E-state index contributed by atoms with van der Waals surface area (Å²) in [5.74, 6) is 0. The third-order valence-electron chi connectivity index (χ3n) is 4.16. The molecule has 2 heterocycles. The molecule has 2 rings (SSSR count). The minimum absolute atomic E-state index is 0.198. The van der Waals surface area contributed by atoms with Gasteiger partial charge in [0.2, 0.25) is 0 Å². The van der Waals surface area contributed by atoms with Gasteiger partial charge in [0.1, 0.15) is 11.4 Å². The standard InChI is InChI=1S/C11H12N4O2.C7H18S/c1-7(16)10-11(13-6-5-12-10)8-3-4-9(17)15(2)14-8;1-7(2,3)8(4,5)6/h3-7,16H,1-2H3;1-6H3. The van der Waals surface area contributed by atoms with Crippen LogP contribution in [0, 0.1) is 0 Å². The predicted octanol–water partition coefficient (Wildman–Crippen LogP) is 2.77. The molecule has 0 saturated carbocycles. The molecule has 0 aliphatic heterocycles. The average molecular weight is 367 g/mol. The van der Waals surface area contributed by atoms with E-state index in [0.29, 0.717) is 21.8 Å². The molecular formula is C18H30N4O2S. The highest BCUT2D eigenvalue weighted by Crippen LogP contribution is 2.48. The molecule has 25 heavy (non-hydrogen) atoms. The van der Waals surface area contributed by atoms with Crippen LogP contribution in [0.1, 0.15) is 39.5 Å². The van der Waals surface area contributed by atoms with Crippen molar-refractivity contribution >= 4 is 10.0 Å². The smallest absolute Gasteiger partial charge is 0.266 e. The molecule has 1 N–H and O–H groups in total. The van der Waals surface area contributed by atoms with Gasteiger partial charge in [-0.2, -0.15) is 5.10 Å². The first-order valence-corrected chi connectivity index (χ1v) is 10.9. The van der Waals surface area contributed by atoms with Gasteiger partial charge in [-0.05, 0) is 36.5 Å². The molecule has 0 aliphatic rings. The monoisotopic (exact) mass is 366 g/mol. The van der Waals surface area contributed by atoms with Gasteiger partial charge in [0.05, 0.1) is 11.8 Å². The van der Waals surface area contributed by atoms with Gasteiger partial charge in [-0.3, -0.25) is 14.8 Å². The number of aromatic nitrogens is 4. The van der Waals surface area contributed by atoms with Gasteiger partial charge >= 0.3 is 0 Å². The fraction of sp³-hybridized carbons (Fsp3) is 0.556. The van der Waals surface area contributed by atoms with Gasteiger partial charge in [-0.25, -0.2) is 14.7 Å². The van der Waals surface area contributed by atoms with Gasteiger partial charge in [-0.1, -0.05) is 20.8 Å². The maximum atomic E-state index is 11.2. The Labute approximate surface area is 151 Å². The number of rotatable bonds is 2. The molecule has 1 unspecified atom stereocenters. The van der Waals surface area contributed by atoms with Crippen molar-refractivity contribution in [3.8, 4) is 11.4 Å². The first-order valence-electron chi connectivity index (χ1n) is 8.06. The fourth-order valence-electron chi connectivity index (χ4n) is 1.48. The first-order chi connectivity index (χ1) is 11.3. The Bertz CT molecular complexity index is 747. The van der Waals surface area contributed by atoms with Crippen LogP contribution in [0.4, 0.5) is 0 Å². The molecule has 2 aromatic heterocycles. The summed E-state index contributed by atoms with van der Waals surface area (Å²) in [4.78, 5) is 19.4. The van der Waals surface area contributed by atoms with Crippen LogP contribution in [0.15, 0.2) is 29.3 Å². The topological polar surface area (TPSA) is 80.9 Å². The largest absolute Gasteiger partial charge is 0.387 e. The molecule has 0 bridgehead atoms. The quantitative estimate of drug-likeness (QED) is 0.884. The lowest BCUT2D eigenvalue weighted by molar-refractivity contribution is 0.194. The SMILES string of the molecule is CC(C)(C)S(C)(C)C.CC(O)c1nccnc1-c1ccc(=O)n(C)n1. The zero-order chi connectivity index (χ0) is 19.4. The Kier molecular flexibility index (Phi) is 6.90. The highest BCUT2D eigenvalue weighted by atomic mass is 32.3. The molecular weight excluding hydrogens is 336 g/mol. The van der Waals surface area contributed by atoms with Crippen LogP contribution in [0.2, 0.25) is 0 Å². The Morgan fingerprint density at radius 3 is 2.08 bits per heavy atom. The predicted molar refractivity (Wildman–Crippen MR) is 106 cm³/mol. The zero-order valence-electron chi connectivity index (χ0n) is 16.4. The van der Waals surface area contributed by atoms with E-state index in [2.05, 4.69) is 54.6 Å². The second-order valence-electron chi connectivity index (χ2n) is 7.60. The van der Waals surface area contributed by atoms with Crippen LogP contribution < -0.4 is 5.56 Å². The second kappa shape index (κ2) is 8.10. The summed E-state index contributed by atoms with van der Waals surface area (Å²) in [7, 11) is 1.22. The molecule has 0 saturated heterocycles. The number of hydrogen-bond donors (Lipinski definition) is 1. The molecule has 0 amide bonds. The summed E-state index contributed by atoms with van der Waals surface area (Å²) >= 11 is 0. The third kappa shape index (κ3) is 5.93. The number of aliphatic hydroxyl groups excluding tert-OH is 1. The summed E-state index contributed by atoms with van der Waals surface area (Å²) in [6.45, 7) is 8.53. The molecule has 0 radical (unpaired) electrons. The van der Waals surface area contributed by atoms with E-state index in [1.54, 1.807) is 20.0 Å². The van der Waals surface area contributed by atoms with Crippen LogP contribution in [0.5, 0.6) is 0 Å². The molecule has 6 nitrogen and oxygen atoms in total. The Balaban J connectivity index is 0.000000333. The van der Waals surface area contributed by atoms with Crippen LogP contribution in [-0.4, -0.2) is 48.4 Å². The Hall–Kier alpha value is -1.73. The molecule has 2 aromatic rings. The van der Waals surface area contributed by atoms with Gasteiger partial charge in [0, 0.05) is 25.5 Å². The van der Waals surface area contributed by atoms with E-state index in [1.165, 1.54) is 23.1 Å². The van der Waals surface area contributed by atoms with E-state index >= 15 is 0 Å². The van der Waals surface area contributed by atoms with E-state index in [-0.39, 0.29) is 15.6 Å². The first kappa shape index (κ1) is 21.3. The normalized spacial score (nSPS) is 13.6. The highest BCUT2D eigenvalue weighted by molar-refractivity contribution is 8.33. The molecule has 1 atom stereocenters. The third-order valence-corrected chi connectivity index (χ3v) is 7.84. The van der Waals surface area contributed by atoms with Crippen LogP contribution in [-0.2, 0) is 7.05 Å². The summed E-state index contributed by atoms with van der Waals surface area (Å²) in [6.07, 6.45) is 9.35. The average Bonchev–Trinajstić information content (AvgIpc) is 2.48. The Morgan fingerprint density at radius 2 is 1.64 bits per heavy atom. The minimum atomic E-state index is -0.738. The lowest BCUT2D eigenvalue weighted by Gasteiger charge is -2.40. The number of aryl methyl sites for hydroxylation is 1. The highest BCUT2D eigenvalue weighted by Gasteiger charge is 2.22. The van der Waals surface area contributed by atoms with E-state index < -0.39 is 6.10 Å². The van der Waals surface area contributed by atoms with Crippen LogP contribution in [0.3, 0.4) is 0 Å². The molecule has 0 spiro atoms. The molecule has 140 valence electrons. The lowest BCUT2D eigenvalue weighted by Crippen LogP contribution is -2.21. The maximum absolute atomic E-state index is 11.2. The van der Waals surface area contributed by atoms with Crippen molar-refractivity contribution < 1.29 is 5.11 Å². The van der Waals surface area contributed by atoms with Gasteiger partial charge in [-0.15, -0.1) is 0 Å².